The van der Waals surface area contributed by atoms with Crippen molar-refractivity contribution in [2.24, 2.45) is 5.92 Å². The average molecular weight is 599 g/mol. The highest BCUT2D eigenvalue weighted by Crippen LogP contribution is 2.32. The molecule has 11 heteroatoms. The minimum Gasteiger partial charge on any atom is -0.383 e. The molecular weight excluding hydrogens is 569 g/mol. The first-order valence-corrected chi connectivity index (χ1v) is 13.3. The summed E-state index contributed by atoms with van der Waals surface area (Å²) in [5.74, 6) is 0.469. The molecule has 2 aliphatic heterocycles. The van der Waals surface area contributed by atoms with Crippen molar-refractivity contribution >= 4 is 47.0 Å². The molecule has 42 heavy (non-hydrogen) atoms. The first kappa shape index (κ1) is 30.8. The largest absolute Gasteiger partial charge is 0.416 e. The van der Waals surface area contributed by atoms with Crippen LogP contribution in [-0.2, 0) is 22.2 Å². The second-order valence-corrected chi connectivity index (χ2v) is 10.3. The number of allylic oxidation sites excluding steroid dienone is 2. The van der Waals surface area contributed by atoms with Crippen molar-refractivity contribution in [1.29, 1.82) is 0 Å². The lowest BCUT2D eigenvalue weighted by Crippen LogP contribution is -2.34. The predicted molar refractivity (Wildman–Crippen MR) is 159 cm³/mol. The van der Waals surface area contributed by atoms with E-state index >= 15 is 0 Å². The molecule has 1 fully saturated rings. The number of pyridine rings is 1. The lowest BCUT2D eigenvalue weighted by atomic mass is 9.97. The SMILES string of the molecule is CC1CCN(c2ccc(/C(=C\C=C\C(=O)Nc3cccc4c3CC(O)C(=O)N4)c3ccc(C(F)(F)F)cc3)cn2)C1.Cl. The van der Waals surface area contributed by atoms with Gasteiger partial charge in [-0.05, 0) is 59.9 Å². The number of nitrogens with zero attached hydrogens (tertiary/aromatic N) is 2. The third-order valence-corrected chi connectivity index (χ3v) is 7.23. The van der Waals surface area contributed by atoms with Crippen molar-refractivity contribution in [3.05, 3.63) is 101 Å². The molecule has 2 atom stereocenters. The molecular formula is C31H30ClF3N4O3. The number of carbonyl (C=O) groups is 2. The fourth-order valence-electron chi connectivity index (χ4n) is 5.02. The molecule has 0 spiro atoms. The second-order valence-electron chi connectivity index (χ2n) is 10.3. The zero-order chi connectivity index (χ0) is 29.1. The predicted octanol–water partition coefficient (Wildman–Crippen LogP) is 5.85. The van der Waals surface area contributed by atoms with Crippen LogP contribution in [-0.4, -0.2) is 41.1 Å². The average Bonchev–Trinajstić information content (AvgIpc) is 3.38. The van der Waals surface area contributed by atoms with E-state index in [4.69, 9.17) is 0 Å². The van der Waals surface area contributed by atoms with E-state index < -0.39 is 29.7 Å². The maximum atomic E-state index is 13.2. The molecule has 5 rings (SSSR count). The van der Waals surface area contributed by atoms with Crippen molar-refractivity contribution in [3.8, 4) is 0 Å². The number of aliphatic hydroxyl groups excluding tert-OH is 1. The fraction of sp³-hybridized carbons (Fsp3) is 0.258. The Hall–Kier alpha value is -4.15. The Bertz CT molecular complexity index is 1510. The topological polar surface area (TPSA) is 94.6 Å². The number of aromatic nitrogens is 1. The zero-order valence-electron chi connectivity index (χ0n) is 22.7. The number of fused-ring (bicyclic) bond motifs is 1. The molecule has 1 saturated heterocycles. The maximum Gasteiger partial charge on any atom is 0.416 e. The van der Waals surface area contributed by atoms with Gasteiger partial charge in [-0.1, -0.05) is 37.3 Å². The van der Waals surface area contributed by atoms with Crippen molar-refractivity contribution in [2.75, 3.05) is 28.6 Å². The van der Waals surface area contributed by atoms with Crippen molar-refractivity contribution in [2.45, 2.75) is 32.0 Å². The molecule has 3 aromatic rings. The van der Waals surface area contributed by atoms with Crippen LogP contribution in [0.2, 0.25) is 0 Å². The van der Waals surface area contributed by atoms with Gasteiger partial charge in [-0.3, -0.25) is 9.59 Å². The number of amides is 2. The van der Waals surface area contributed by atoms with Gasteiger partial charge in [0.25, 0.3) is 5.91 Å². The molecule has 0 bridgehead atoms. The van der Waals surface area contributed by atoms with E-state index in [2.05, 4.69) is 27.4 Å². The van der Waals surface area contributed by atoms with E-state index in [9.17, 15) is 27.9 Å². The van der Waals surface area contributed by atoms with E-state index in [1.807, 2.05) is 12.1 Å². The Labute approximate surface area is 247 Å². The Morgan fingerprint density at radius 1 is 1.12 bits per heavy atom. The van der Waals surface area contributed by atoms with Crippen molar-refractivity contribution in [1.82, 2.24) is 4.98 Å². The highest BCUT2D eigenvalue weighted by Gasteiger charge is 2.30. The van der Waals surface area contributed by atoms with Gasteiger partial charge in [-0.2, -0.15) is 13.2 Å². The summed E-state index contributed by atoms with van der Waals surface area (Å²) >= 11 is 0. The number of aliphatic hydroxyl groups is 1. The smallest absolute Gasteiger partial charge is 0.383 e. The van der Waals surface area contributed by atoms with Crippen LogP contribution < -0.4 is 15.5 Å². The third kappa shape index (κ3) is 7.00. The fourth-order valence-corrected chi connectivity index (χ4v) is 5.02. The van der Waals surface area contributed by atoms with E-state index in [1.54, 1.807) is 30.5 Å². The minimum atomic E-state index is -4.45. The molecule has 1 aromatic heterocycles. The van der Waals surface area contributed by atoms with E-state index in [0.29, 0.717) is 39.6 Å². The summed E-state index contributed by atoms with van der Waals surface area (Å²) in [6.07, 6.45) is 1.66. The first-order valence-electron chi connectivity index (χ1n) is 13.3. The molecule has 0 aliphatic carbocycles. The molecule has 2 aliphatic rings. The second kappa shape index (κ2) is 12.8. The normalized spacial score (nSPS) is 18.8. The lowest BCUT2D eigenvalue weighted by Gasteiger charge is -2.23. The quantitative estimate of drug-likeness (QED) is 0.244. The van der Waals surface area contributed by atoms with Crippen molar-refractivity contribution in [3.63, 3.8) is 0 Å². The first-order chi connectivity index (χ1) is 19.6. The Balaban J connectivity index is 0.00000405. The van der Waals surface area contributed by atoms with Crippen LogP contribution in [0.15, 0.2) is 79.0 Å². The molecule has 3 heterocycles. The van der Waals surface area contributed by atoms with Gasteiger partial charge in [0.05, 0.1) is 5.56 Å². The standard InChI is InChI=1S/C31H29F3N4O3.ClH/c1-19-14-15-38(18-19)28-13-10-21(17-35-28)23(20-8-11-22(12-9-20)31(32,33)34)4-2-7-29(40)36-25-5-3-6-26-24(25)16-27(39)30(41)37-26;/h2-13,17,19,27,39H,14-16,18H2,1H3,(H,36,40)(H,37,41);1H/b7-2+,23-4-;. The summed E-state index contributed by atoms with van der Waals surface area (Å²) in [7, 11) is 0. The molecule has 0 saturated carbocycles. The number of alkyl halides is 3. The number of carbonyl (C=O) groups excluding carboxylic acids is 2. The van der Waals surface area contributed by atoms with Gasteiger partial charge in [-0.15, -0.1) is 12.4 Å². The Morgan fingerprint density at radius 3 is 2.50 bits per heavy atom. The van der Waals surface area contributed by atoms with Crippen LogP contribution in [0, 0.1) is 5.92 Å². The summed E-state index contributed by atoms with van der Waals surface area (Å²) in [6, 6.07) is 13.7. The summed E-state index contributed by atoms with van der Waals surface area (Å²) in [5, 5.41) is 15.3. The van der Waals surface area contributed by atoms with Gasteiger partial charge in [0, 0.05) is 54.3 Å². The van der Waals surface area contributed by atoms with Gasteiger partial charge in [0.1, 0.15) is 11.9 Å². The zero-order valence-corrected chi connectivity index (χ0v) is 23.5. The molecule has 220 valence electrons. The number of benzene rings is 2. The van der Waals surface area contributed by atoms with E-state index in [-0.39, 0.29) is 18.8 Å². The van der Waals surface area contributed by atoms with Crippen molar-refractivity contribution < 1.29 is 27.9 Å². The number of hydrogen-bond donors (Lipinski definition) is 3. The number of nitrogens with one attached hydrogen (secondary N) is 2. The molecule has 7 nitrogen and oxygen atoms in total. The monoisotopic (exact) mass is 598 g/mol. The number of hydrogen-bond acceptors (Lipinski definition) is 5. The highest BCUT2D eigenvalue weighted by atomic mass is 35.5. The number of anilines is 3. The van der Waals surface area contributed by atoms with Crippen LogP contribution >= 0.6 is 12.4 Å². The number of rotatable bonds is 6. The maximum absolute atomic E-state index is 13.2. The Kier molecular flexibility index (Phi) is 9.38. The van der Waals surface area contributed by atoms with Gasteiger partial charge < -0.3 is 20.6 Å². The summed E-state index contributed by atoms with van der Waals surface area (Å²) in [4.78, 5) is 31.3. The van der Waals surface area contributed by atoms with E-state index in [1.165, 1.54) is 24.3 Å². The van der Waals surface area contributed by atoms with Gasteiger partial charge in [-0.25, -0.2) is 4.98 Å². The van der Waals surface area contributed by atoms with Gasteiger partial charge >= 0.3 is 6.18 Å². The molecule has 3 N–H and O–H groups in total. The highest BCUT2D eigenvalue weighted by molar-refractivity contribution is 6.03. The van der Waals surface area contributed by atoms with Crippen LogP contribution in [0.3, 0.4) is 0 Å². The number of halogens is 4. The minimum absolute atomic E-state index is 0. The molecule has 2 amide bonds. The summed E-state index contributed by atoms with van der Waals surface area (Å²) in [6.45, 7) is 4.03. The van der Waals surface area contributed by atoms with Gasteiger partial charge in [0.15, 0.2) is 0 Å². The van der Waals surface area contributed by atoms with Crippen LogP contribution in [0.5, 0.6) is 0 Å². The Morgan fingerprint density at radius 2 is 1.86 bits per heavy atom. The molecule has 2 unspecified atom stereocenters. The van der Waals surface area contributed by atoms with Gasteiger partial charge in [0.2, 0.25) is 5.91 Å². The third-order valence-electron chi connectivity index (χ3n) is 7.23. The molecule has 2 aromatic carbocycles. The summed E-state index contributed by atoms with van der Waals surface area (Å²) in [5.41, 5.74) is 2.66. The van der Waals surface area contributed by atoms with E-state index in [0.717, 1.165) is 37.5 Å². The van der Waals surface area contributed by atoms with Crippen LogP contribution in [0.4, 0.5) is 30.4 Å². The van der Waals surface area contributed by atoms with Crippen LogP contribution in [0.25, 0.3) is 5.57 Å². The summed E-state index contributed by atoms with van der Waals surface area (Å²) < 4.78 is 39.5. The van der Waals surface area contributed by atoms with Crippen LogP contribution in [0.1, 0.15) is 35.6 Å². The molecule has 0 radical (unpaired) electrons. The lowest BCUT2D eigenvalue weighted by molar-refractivity contribution is -0.137.